The smallest absolute Gasteiger partial charge is 0.262 e. The Hall–Kier alpha value is -4.28. The summed E-state index contributed by atoms with van der Waals surface area (Å²) in [6.45, 7) is 3.41. The first kappa shape index (κ1) is 31.3. The molecule has 10 nitrogen and oxygen atoms in total. The third kappa shape index (κ3) is 10.0. The third-order valence-corrected chi connectivity index (χ3v) is 6.04. The number of hydrazone groups is 1. The minimum atomic E-state index is -0.962. The summed E-state index contributed by atoms with van der Waals surface area (Å²) in [5, 5.41) is 7.46. The average molecular weight is 601 g/mol. The van der Waals surface area contributed by atoms with Crippen LogP contribution in [0.25, 0.3) is 0 Å². The van der Waals surface area contributed by atoms with Gasteiger partial charge in [-0.1, -0.05) is 53.5 Å². The van der Waals surface area contributed by atoms with Gasteiger partial charge in [0.05, 0.1) is 17.8 Å². The van der Waals surface area contributed by atoms with Crippen LogP contribution in [0.5, 0.6) is 17.2 Å². The van der Waals surface area contributed by atoms with Crippen LogP contribution in [0, 0.1) is 0 Å². The number of halogens is 2. The van der Waals surface area contributed by atoms with E-state index >= 15 is 0 Å². The Morgan fingerprint density at radius 1 is 0.951 bits per heavy atom. The molecule has 0 aliphatic rings. The van der Waals surface area contributed by atoms with Crippen LogP contribution < -0.4 is 30.7 Å². The molecule has 3 aromatic rings. The molecule has 3 aromatic carbocycles. The highest BCUT2D eigenvalue weighted by Crippen LogP contribution is 2.29. The fourth-order valence-corrected chi connectivity index (χ4v) is 4.01. The largest absolute Gasteiger partial charge is 0.490 e. The molecule has 0 aliphatic heterocycles. The van der Waals surface area contributed by atoms with Gasteiger partial charge in [-0.15, -0.1) is 0 Å². The number of ether oxygens (including phenoxy) is 3. The minimum Gasteiger partial charge on any atom is -0.490 e. The summed E-state index contributed by atoms with van der Waals surface area (Å²) in [4.78, 5) is 37.1. The molecule has 0 aromatic heterocycles. The second-order valence-corrected chi connectivity index (χ2v) is 9.56. The maximum atomic E-state index is 13.1. The van der Waals surface area contributed by atoms with E-state index < -0.39 is 29.9 Å². The first-order valence-corrected chi connectivity index (χ1v) is 13.4. The molecule has 0 radical (unpaired) electrons. The Bertz CT molecular complexity index is 1390. The second kappa shape index (κ2) is 15.5. The molecule has 0 fully saturated rings. The predicted octanol–water partition coefficient (Wildman–Crippen LogP) is 3.90. The minimum absolute atomic E-state index is 0.211. The van der Waals surface area contributed by atoms with Crippen LogP contribution in [0.3, 0.4) is 0 Å². The lowest BCUT2D eigenvalue weighted by Crippen LogP contribution is -2.50. The molecule has 3 amide bonds. The fourth-order valence-electron chi connectivity index (χ4n) is 3.55. The predicted molar refractivity (Wildman–Crippen MR) is 157 cm³/mol. The van der Waals surface area contributed by atoms with E-state index in [4.69, 9.17) is 43.1 Å². The van der Waals surface area contributed by atoms with E-state index in [1.54, 1.807) is 44.2 Å². The first-order valence-electron chi connectivity index (χ1n) is 12.6. The zero-order valence-corrected chi connectivity index (χ0v) is 23.9. The van der Waals surface area contributed by atoms with Crippen molar-refractivity contribution in [3.8, 4) is 17.2 Å². The lowest BCUT2D eigenvalue weighted by molar-refractivity contribution is -0.132. The Morgan fingerprint density at radius 3 is 2.37 bits per heavy atom. The molecule has 41 heavy (non-hydrogen) atoms. The van der Waals surface area contributed by atoms with Crippen molar-refractivity contribution in [2.75, 3.05) is 13.2 Å². The Kier molecular flexibility index (Phi) is 11.8. The van der Waals surface area contributed by atoms with Gasteiger partial charge in [-0.2, -0.15) is 5.10 Å². The lowest BCUT2D eigenvalue weighted by atomic mass is 10.1. The van der Waals surface area contributed by atoms with E-state index in [-0.39, 0.29) is 23.8 Å². The summed E-state index contributed by atoms with van der Waals surface area (Å²) < 4.78 is 16.6. The molecular weight excluding hydrogens is 571 g/mol. The van der Waals surface area contributed by atoms with Gasteiger partial charge in [0.1, 0.15) is 11.8 Å². The number of nitrogens with one attached hydrogen (secondary N) is 2. The van der Waals surface area contributed by atoms with Crippen LogP contribution in [0.1, 0.15) is 25.0 Å². The molecule has 216 valence electrons. The highest BCUT2D eigenvalue weighted by atomic mass is 35.5. The molecule has 0 unspecified atom stereocenters. The molecule has 0 saturated heterocycles. The summed E-state index contributed by atoms with van der Waals surface area (Å²) in [6, 6.07) is 17.8. The quantitative estimate of drug-likeness (QED) is 0.189. The van der Waals surface area contributed by atoms with Gasteiger partial charge in [0.25, 0.3) is 17.7 Å². The molecular formula is C29H30Cl2N4O6. The standard InChI is InChI=1S/C29H30Cl2N4O6/c1-3-39-26-14-20(9-11-25(26)40-17-27(32)36)16-33-35-29(38)23(13-19-7-5-4-6-8-19)34-28(37)18(2)41-24-12-10-21(30)15-22(24)31/h4-12,14-16,18,23H,3,13,17H2,1-2H3,(H2,32,36)(H,34,37)(H,35,38)/b33-16-/t18-,23+/m1/s1. The Labute approximate surface area is 247 Å². The van der Waals surface area contributed by atoms with Crippen molar-refractivity contribution < 1.29 is 28.6 Å². The summed E-state index contributed by atoms with van der Waals surface area (Å²) in [5.41, 5.74) is 9.04. The molecule has 3 rings (SSSR count). The highest BCUT2D eigenvalue weighted by molar-refractivity contribution is 6.35. The van der Waals surface area contributed by atoms with Gasteiger partial charge in [0.2, 0.25) is 0 Å². The maximum absolute atomic E-state index is 13.1. The van der Waals surface area contributed by atoms with Gasteiger partial charge < -0.3 is 25.3 Å². The average Bonchev–Trinajstić information content (AvgIpc) is 2.94. The fraction of sp³-hybridized carbons (Fsp3) is 0.241. The molecule has 0 bridgehead atoms. The lowest BCUT2D eigenvalue weighted by Gasteiger charge is -2.21. The van der Waals surface area contributed by atoms with Crippen molar-refractivity contribution in [2.24, 2.45) is 10.8 Å². The number of carbonyl (C=O) groups excluding carboxylic acids is 3. The van der Waals surface area contributed by atoms with Gasteiger partial charge in [-0.25, -0.2) is 5.43 Å². The number of hydrogen-bond acceptors (Lipinski definition) is 7. The maximum Gasteiger partial charge on any atom is 0.262 e. The Morgan fingerprint density at radius 2 is 1.68 bits per heavy atom. The summed E-state index contributed by atoms with van der Waals surface area (Å²) in [6.07, 6.45) is 0.659. The van der Waals surface area contributed by atoms with Crippen molar-refractivity contribution in [1.29, 1.82) is 0 Å². The first-order chi connectivity index (χ1) is 19.7. The number of nitrogens with two attached hydrogens (primary N) is 1. The molecule has 0 aliphatic carbocycles. The van der Waals surface area contributed by atoms with Gasteiger partial charge in [-0.3, -0.25) is 14.4 Å². The summed E-state index contributed by atoms with van der Waals surface area (Å²) >= 11 is 12.1. The van der Waals surface area contributed by atoms with Crippen molar-refractivity contribution in [2.45, 2.75) is 32.4 Å². The van der Waals surface area contributed by atoms with Gasteiger partial charge in [0, 0.05) is 11.4 Å². The monoisotopic (exact) mass is 600 g/mol. The molecule has 4 N–H and O–H groups in total. The van der Waals surface area contributed by atoms with E-state index in [9.17, 15) is 14.4 Å². The number of hydrogen-bond donors (Lipinski definition) is 3. The SMILES string of the molecule is CCOc1cc(/C=N\NC(=O)[C@H](Cc2ccccc2)NC(=O)[C@@H](C)Oc2ccc(Cl)cc2Cl)ccc1OCC(N)=O. The number of primary amides is 1. The number of benzene rings is 3. The van der Waals surface area contributed by atoms with Crippen LogP contribution in [0.4, 0.5) is 0 Å². The summed E-state index contributed by atoms with van der Waals surface area (Å²) in [7, 11) is 0. The van der Waals surface area contributed by atoms with Crippen LogP contribution >= 0.6 is 23.2 Å². The number of rotatable bonds is 14. The van der Waals surface area contributed by atoms with Gasteiger partial charge in [0.15, 0.2) is 24.2 Å². The van der Waals surface area contributed by atoms with Crippen LogP contribution in [-0.2, 0) is 20.8 Å². The Balaban J connectivity index is 1.70. The molecule has 12 heteroatoms. The normalized spacial score (nSPS) is 12.3. The number of carbonyl (C=O) groups is 3. The van der Waals surface area contributed by atoms with Crippen LogP contribution in [0.15, 0.2) is 71.8 Å². The molecule has 0 heterocycles. The van der Waals surface area contributed by atoms with Gasteiger partial charge in [-0.05, 0) is 61.4 Å². The molecule has 0 spiro atoms. The third-order valence-electron chi connectivity index (χ3n) is 5.51. The van der Waals surface area contributed by atoms with Crippen LogP contribution in [-0.4, -0.2) is 49.3 Å². The zero-order chi connectivity index (χ0) is 29.8. The number of nitrogens with zero attached hydrogens (tertiary/aromatic N) is 1. The van der Waals surface area contributed by atoms with E-state index in [0.29, 0.717) is 28.7 Å². The van der Waals surface area contributed by atoms with E-state index in [1.807, 2.05) is 30.3 Å². The second-order valence-electron chi connectivity index (χ2n) is 8.71. The van der Waals surface area contributed by atoms with Crippen LogP contribution in [0.2, 0.25) is 10.0 Å². The van der Waals surface area contributed by atoms with Crippen molar-refractivity contribution in [3.63, 3.8) is 0 Å². The number of amides is 3. The van der Waals surface area contributed by atoms with Crippen molar-refractivity contribution >= 4 is 47.1 Å². The zero-order valence-electron chi connectivity index (χ0n) is 22.4. The van der Waals surface area contributed by atoms with E-state index in [2.05, 4.69) is 15.8 Å². The van der Waals surface area contributed by atoms with E-state index in [0.717, 1.165) is 5.56 Å². The van der Waals surface area contributed by atoms with Crippen molar-refractivity contribution in [3.05, 3.63) is 87.9 Å². The van der Waals surface area contributed by atoms with E-state index in [1.165, 1.54) is 12.3 Å². The molecule has 2 atom stereocenters. The van der Waals surface area contributed by atoms with Gasteiger partial charge >= 0.3 is 0 Å². The van der Waals surface area contributed by atoms with Crippen molar-refractivity contribution in [1.82, 2.24) is 10.7 Å². The topological polar surface area (TPSA) is 141 Å². The summed E-state index contributed by atoms with van der Waals surface area (Å²) in [5.74, 6) is -0.676. The molecule has 0 saturated carbocycles. The highest BCUT2D eigenvalue weighted by Gasteiger charge is 2.25.